The first kappa shape index (κ1) is 17.3. The van der Waals surface area contributed by atoms with Crippen molar-refractivity contribution in [2.45, 2.75) is 18.8 Å². The number of rotatable bonds is 6. The molecule has 3 rings (SSSR count). The molecular formula is C16H18F2N4O3. The van der Waals surface area contributed by atoms with Gasteiger partial charge in [-0.05, 0) is 12.1 Å². The van der Waals surface area contributed by atoms with Crippen LogP contribution in [-0.2, 0) is 11.2 Å². The van der Waals surface area contributed by atoms with Gasteiger partial charge in [0.15, 0.2) is 5.82 Å². The molecule has 0 bridgehead atoms. The van der Waals surface area contributed by atoms with E-state index >= 15 is 0 Å². The highest BCUT2D eigenvalue weighted by molar-refractivity contribution is 5.93. The molecule has 9 heteroatoms. The van der Waals surface area contributed by atoms with Crippen LogP contribution in [0.15, 0.2) is 28.8 Å². The molecule has 1 aromatic carbocycles. The molecule has 7 nitrogen and oxygen atoms in total. The van der Waals surface area contributed by atoms with E-state index in [0.29, 0.717) is 18.0 Å². The molecule has 1 aromatic heterocycles. The van der Waals surface area contributed by atoms with E-state index < -0.39 is 18.3 Å². The number of anilines is 1. The Labute approximate surface area is 142 Å². The molecule has 1 fully saturated rings. The minimum Gasteiger partial charge on any atom is -0.495 e. The second-order valence-corrected chi connectivity index (χ2v) is 5.74. The van der Waals surface area contributed by atoms with Crippen molar-refractivity contribution in [3.63, 3.8) is 0 Å². The van der Waals surface area contributed by atoms with Crippen LogP contribution in [0.25, 0.3) is 0 Å². The number of halogens is 2. The zero-order valence-electron chi connectivity index (χ0n) is 13.5. The fourth-order valence-corrected chi connectivity index (χ4v) is 2.81. The minimum absolute atomic E-state index is 0.124. The van der Waals surface area contributed by atoms with Gasteiger partial charge in [-0.15, -0.1) is 0 Å². The highest BCUT2D eigenvalue weighted by Crippen LogP contribution is 2.31. The van der Waals surface area contributed by atoms with Gasteiger partial charge in [-0.2, -0.15) is 4.98 Å². The van der Waals surface area contributed by atoms with Crippen molar-refractivity contribution >= 4 is 11.6 Å². The predicted molar refractivity (Wildman–Crippen MR) is 84.7 cm³/mol. The second-order valence-electron chi connectivity index (χ2n) is 5.74. The number of ether oxygens (including phenoxy) is 1. The predicted octanol–water partition coefficient (Wildman–Crippen LogP) is 1.83. The number of methoxy groups -OCH3 is 1. The lowest BCUT2D eigenvalue weighted by molar-refractivity contribution is -0.115. The SMILES string of the molecule is COc1ccccc1NC(=O)Cc1noc([C@@H]2CNC[C@H]2C(F)F)n1. The van der Waals surface area contributed by atoms with E-state index in [1.165, 1.54) is 7.11 Å². The summed E-state index contributed by atoms with van der Waals surface area (Å²) >= 11 is 0. The number of benzene rings is 1. The molecule has 2 atom stereocenters. The number of carbonyl (C=O) groups excluding carboxylic acids is 1. The van der Waals surface area contributed by atoms with Crippen LogP contribution in [0.2, 0.25) is 0 Å². The normalized spacial score (nSPS) is 20.0. The molecule has 1 aliphatic rings. The van der Waals surface area contributed by atoms with Crippen molar-refractivity contribution in [2.75, 3.05) is 25.5 Å². The van der Waals surface area contributed by atoms with Gasteiger partial charge in [-0.1, -0.05) is 17.3 Å². The zero-order chi connectivity index (χ0) is 17.8. The monoisotopic (exact) mass is 352 g/mol. The third kappa shape index (κ3) is 3.93. The maximum absolute atomic E-state index is 13.0. The van der Waals surface area contributed by atoms with E-state index in [4.69, 9.17) is 9.26 Å². The van der Waals surface area contributed by atoms with Gasteiger partial charge in [-0.3, -0.25) is 4.79 Å². The second kappa shape index (κ2) is 7.56. The van der Waals surface area contributed by atoms with E-state index in [1.54, 1.807) is 24.3 Å². The smallest absolute Gasteiger partial charge is 0.243 e. The Morgan fingerprint density at radius 1 is 1.44 bits per heavy atom. The quantitative estimate of drug-likeness (QED) is 0.824. The average molecular weight is 352 g/mol. The summed E-state index contributed by atoms with van der Waals surface area (Å²) in [4.78, 5) is 16.2. The van der Waals surface area contributed by atoms with Crippen LogP contribution in [-0.4, -0.2) is 42.7 Å². The topological polar surface area (TPSA) is 89.3 Å². The number of carbonyl (C=O) groups is 1. The summed E-state index contributed by atoms with van der Waals surface area (Å²) < 4.78 is 36.2. The average Bonchev–Trinajstić information content (AvgIpc) is 3.24. The molecule has 25 heavy (non-hydrogen) atoms. The first-order valence-electron chi connectivity index (χ1n) is 7.82. The third-order valence-corrected chi connectivity index (χ3v) is 4.09. The van der Waals surface area contributed by atoms with Gasteiger partial charge in [-0.25, -0.2) is 8.78 Å². The lowest BCUT2D eigenvalue weighted by Gasteiger charge is -2.12. The fourth-order valence-electron chi connectivity index (χ4n) is 2.81. The highest BCUT2D eigenvalue weighted by atomic mass is 19.3. The van der Waals surface area contributed by atoms with Gasteiger partial charge >= 0.3 is 0 Å². The van der Waals surface area contributed by atoms with Gasteiger partial charge in [0.1, 0.15) is 5.75 Å². The van der Waals surface area contributed by atoms with Gasteiger partial charge < -0.3 is 19.9 Å². The molecule has 2 N–H and O–H groups in total. The minimum atomic E-state index is -2.47. The molecule has 0 saturated carbocycles. The summed E-state index contributed by atoms with van der Waals surface area (Å²) in [7, 11) is 1.51. The van der Waals surface area contributed by atoms with Crippen molar-refractivity contribution in [1.29, 1.82) is 0 Å². The molecule has 2 heterocycles. The van der Waals surface area contributed by atoms with Crippen LogP contribution in [0.4, 0.5) is 14.5 Å². The van der Waals surface area contributed by atoms with E-state index in [-0.39, 0.29) is 30.6 Å². The molecule has 0 aliphatic carbocycles. The molecule has 134 valence electrons. The largest absolute Gasteiger partial charge is 0.495 e. The van der Waals surface area contributed by atoms with E-state index in [1.807, 2.05) is 0 Å². The number of para-hydroxylation sites is 2. The van der Waals surface area contributed by atoms with Gasteiger partial charge in [0.25, 0.3) is 0 Å². The Kier molecular flexibility index (Phi) is 5.22. The van der Waals surface area contributed by atoms with Gasteiger partial charge in [0.05, 0.1) is 25.1 Å². The Hall–Kier alpha value is -2.55. The Morgan fingerprint density at radius 2 is 2.24 bits per heavy atom. The zero-order valence-corrected chi connectivity index (χ0v) is 13.5. The Balaban J connectivity index is 1.64. The summed E-state index contributed by atoms with van der Waals surface area (Å²) in [6.07, 6.45) is -2.59. The van der Waals surface area contributed by atoms with Crippen LogP contribution in [0.5, 0.6) is 5.75 Å². The van der Waals surface area contributed by atoms with Crippen LogP contribution in [0.3, 0.4) is 0 Å². The van der Waals surface area contributed by atoms with Crippen molar-refractivity contribution < 1.29 is 22.8 Å². The molecule has 1 aliphatic heterocycles. The molecule has 1 saturated heterocycles. The number of amides is 1. The third-order valence-electron chi connectivity index (χ3n) is 4.09. The maximum Gasteiger partial charge on any atom is 0.243 e. The Morgan fingerprint density at radius 3 is 3.00 bits per heavy atom. The first-order chi connectivity index (χ1) is 12.1. The molecular weight excluding hydrogens is 334 g/mol. The van der Waals surface area contributed by atoms with Crippen LogP contribution in [0, 0.1) is 5.92 Å². The molecule has 2 aromatic rings. The number of hydrogen-bond donors (Lipinski definition) is 2. The number of nitrogens with zero attached hydrogens (tertiary/aromatic N) is 2. The molecule has 0 unspecified atom stereocenters. The fraction of sp³-hybridized carbons (Fsp3) is 0.438. The summed E-state index contributed by atoms with van der Waals surface area (Å²) in [5.74, 6) is -0.944. The lowest BCUT2D eigenvalue weighted by atomic mass is 9.96. The number of alkyl halides is 2. The molecule has 1 amide bonds. The number of hydrogen-bond acceptors (Lipinski definition) is 6. The van der Waals surface area contributed by atoms with Gasteiger partial charge in [0.2, 0.25) is 18.2 Å². The standard InChI is InChI=1S/C16H18F2N4O3/c1-24-12-5-3-2-4-11(12)20-14(23)6-13-21-16(25-22-13)10-8-19-7-9(10)15(17)18/h2-5,9-10,15,19H,6-8H2,1H3,(H,20,23)/t9-,10-/m1/s1. The van der Waals surface area contributed by atoms with Gasteiger partial charge in [0, 0.05) is 19.0 Å². The summed E-state index contributed by atoms with van der Waals surface area (Å²) in [6, 6.07) is 6.98. The van der Waals surface area contributed by atoms with Crippen molar-refractivity contribution in [3.8, 4) is 5.75 Å². The molecule has 0 spiro atoms. The summed E-state index contributed by atoms with van der Waals surface area (Å²) in [5.41, 5.74) is 0.525. The van der Waals surface area contributed by atoms with Crippen LogP contribution < -0.4 is 15.4 Å². The van der Waals surface area contributed by atoms with Crippen molar-refractivity contribution in [2.24, 2.45) is 5.92 Å². The molecule has 0 radical (unpaired) electrons. The summed E-state index contributed by atoms with van der Waals surface area (Å²) in [5, 5.41) is 9.32. The highest BCUT2D eigenvalue weighted by Gasteiger charge is 2.38. The Bertz CT molecular complexity index is 738. The van der Waals surface area contributed by atoms with Crippen LogP contribution in [0.1, 0.15) is 17.6 Å². The van der Waals surface area contributed by atoms with E-state index in [0.717, 1.165) is 0 Å². The lowest BCUT2D eigenvalue weighted by Crippen LogP contribution is -2.19. The van der Waals surface area contributed by atoms with Crippen molar-refractivity contribution in [3.05, 3.63) is 36.0 Å². The van der Waals surface area contributed by atoms with E-state index in [9.17, 15) is 13.6 Å². The van der Waals surface area contributed by atoms with E-state index in [2.05, 4.69) is 20.8 Å². The number of nitrogens with one attached hydrogen (secondary N) is 2. The van der Waals surface area contributed by atoms with Crippen molar-refractivity contribution in [1.82, 2.24) is 15.5 Å². The summed E-state index contributed by atoms with van der Waals surface area (Å²) in [6.45, 7) is 0.554. The number of aromatic nitrogens is 2. The van der Waals surface area contributed by atoms with Crippen LogP contribution >= 0.6 is 0 Å². The first-order valence-corrected chi connectivity index (χ1v) is 7.82. The maximum atomic E-state index is 13.0.